The average Bonchev–Trinajstić information content (AvgIpc) is 1.38. The Morgan fingerprint density at radius 3 is 1.22 bits per heavy atom. The number of halogens is 4. The molecule has 0 aromatic rings. The van der Waals surface area contributed by atoms with Crippen LogP contribution in [0.4, 0.5) is 0 Å². The van der Waals surface area contributed by atoms with Crippen molar-refractivity contribution in [1.29, 1.82) is 0 Å². The van der Waals surface area contributed by atoms with E-state index in [1.807, 2.05) is 6.92 Å². The van der Waals surface area contributed by atoms with Crippen LogP contribution in [0.5, 0.6) is 0 Å². The molecule has 0 bridgehead atoms. The van der Waals surface area contributed by atoms with Crippen molar-refractivity contribution < 1.29 is 4.79 Å². The highest BCUT2D eigenvalue weighted by atomic mass is 35.5. The summed E-state index contributed by atoms with van der Waals surface area (Å²) in [7, 11) is 0. The molecule has 0 saturated heterocycles. The van der Waals surface area contributed by atoms with Crippen molar-refractivity contribution in [2.45, 2.75) is 20.3 Å². The molecule has 0 unspecified atom stereocenters. The predicted octanol–water partition coefficient (Wildman–Crippen LogP) is 2.67. The number of ketones is 1. The van der Waals surface area contributed by atoms with Gasteiger partial charge in [-0.05, 0) is 6.92 Å². The molecular weight excluding hydrogens is 206 g/mol. The van der Waals surface area contributed by atoms with Crippen LogP contribution in [-0.2, 0) is 4.79 Å². The fourth-order valence-corrected chi connectivity index (χ4v) is 0. The summed E-state index contributed by atoms with van der Waals surface area (Å²) in [5, 5.41) is 0. The summed E-state index contributed by atoms with van der Waals surface area (Å²) in [6, 6.07) is 0. The molecule has 0 aliphatic carbocycles. The third-order valence-electron chi connectivity index (χ3n) is 0.498. The van der Waals surface area contributed by atoms with Crippen molar-refractivity contribution >= 4 is 55.4 Å². The number of hydrogen-bond donors (Lipinski definition) is 0. The quantitative estimate of drug-likeness (QED) is 0.661. The van der Waals surface area contributed by atoms with Gasteiger partial charge < -0.3 is 4.79 Å². The summed E-state index contributed by atoms with van der Waals surface area (Å²) in [6.07, 6.45) is 0.667. The molecule has 0 N–H and O–H groups in total. The number of carbonyl (C=O) groups excluding carboxylic acids is 1. The smallest absolute Gasteiger partial charge is 0.129 e. The van der Waals surface area contributed by atoms with Gasteiger partial charge in [-0.15, -0.1) is 49.6 Å². The Balaban J connectivity index is -0.0000000133. The molecule has 0 aromatic carbocycles. The second kappa shape index (κ2) is 23.2. The van der Waals surface area contributed by atoms with Crippen molar-refractivity contribution in [2.75, 3.05) is 0 Å². The summed E-state index contributed by atoms with van der Waals surface area (Å²) < 4.78 is 0. The van der Waals surface area contributed by atoms with E-state index in [1.165, 1.54) is 0 Å². The van der Waals surface area contributed by atoms with Gasteiger partial charge in [-0.2, -0.15) is 0 Å². The molecular formula is C4H12Cl4O. The van der Waals surface area contributed by atoms with Crippen LogP contribution in [0.25, 0.3) is 0 Å². The van der Waals surface area contributed by atoms with Crippen LogP contribution >= 0.6 is 49.6 Å². The van der Waals surface area contributed by atoms with E-state index < -0.39 is 0 Å². The minimum absolute atomic E-state index is 0. The Hall–Kier alpha value is 0.830. The minimum Gasteiger partial charge on any atom is -0.300 e. The maximum absolute atomic E-state index is 9.81. The third kappa shape index (κ3) is 51.4. The van der Waals surface area contributed by atoms with E-state index in [9.17, 15) is 4.79 Å². The van der Waals surface area contributed by atoms with Gasteiger partial charge in [0.05, 0.1) is 0 Å². The molecule has 0 heterocycles. The summed E-state index contributed by atoms with van der Waals surface area (Å²) in [5.41, 5.74) is 0. The molecule has 0 aromatic heterocycles. The Labute approximate surface area is 80.6 Å². The lowest BCUT2D eigenvalue weighted by Gasteiger charge is -1.71. The van der Waals surface area contributed by atoms with Crippen molar-refractivity contribution in [2.24, 2.45) is 0 Å². The SMILES string of the molecule is CCC(C)=O.Cl.Cl.Cl.Cl. The Morgan fingerprint density at radius 1 is 1.11 bits per heavy atom. The van der Waals surface area contributed by atoms with Gasteiger partial charge in [0.2, 0.25) is 0 Å². The number of Topliss-reactive ketones (excluding diaryl/α,β-unsaturated/α-hetero) is 1. The van der Waals surface area contributed by atoms with Crippen LogP contribution in [0, 0.1) is 0 Å². The zero-order valence-corrected chi connectivity index (χ0v) is 8.51. The third-order valence-corrected chi connectivity index (χ3v) is 0.498. The highest BCUT2D eigenvalue weighted by Crippen LogP contribution is 1.71. The summed E-state index contributed by atoms with van der Waals surface area (Å²) >= 11 is 0. The van der Waals surface area contributed by atoms with Gasteiger partial charge >= 0.3 is 0 Å². The molecule has 5 heteroatoms. The Morgan fingerprint density at radius 2 is 1.22 bits per heavy atom. The summed E-state index contributed by atoms with van der Waals surface area (Å²) in [5.74, 6) is 0.255. The van der Waals surface area contributed by atoms with Crippen molar-refractivity contribution in [3.8, 4) is 0 Å². The van der Waals surface area contributed by atoms with Crippen molar-refractivity contribution in [1.82, 2.24) is 0 Å². The largest absolute Gasteiger partial charge is 0.300 e. The maximum Gasteiger partial charge on any atom is 0.129 e. The zero-order chi connectivity index (χ0) is 4.28. The van der Waals surface area contributed by atoms with Crippen LogP contribution in [0.1, 0.15) is 20.3 Å². The van der Waals surface area contributed by atoms with E-state index >= 15 is 0 Å². The summed E-state index contributed by atoms with van der Waals surface area (Å²) in [4.78, 5) is 9.81. The van der Waals surface area contributed by atoms with Gasteiger partial charge in [-0.1, -0.05) is 6.92 Å². The predicted molar refractivity (Wildman–Crippen MR) is 50.0 cm³/mol. The van der Waals surface area contributed by atoms with Gasteiger partial charge in [0.15, 0.2) is 0 Å². The lowest BCUT2D eigenvalue weighted by Crippen LogP contribution is -1.80. The van der Waals surface area contributed by atoms with Crippen LogP contribution < -0.4 is 0 Å². The standard InChI is InChI=1S/C4H8O.4ClH/c1-3-4(2)5;;;;/h3H2,1-2H3;4*1H. The van der Waals surface area contributed by atoms with E-state index in [0.717, 1.165) is 0 Å². The average molecular weight is 218 g/mol. The van der Waals surface area contributed by atoms with Crippen molar-refractivity contribution in [3.05, 3.63) is 0 Å². The minimum atomic E-state index is 0. The molecule has 0 rings (SSSR count). The fourth-order valence-electron chi connectivity index (χ4n) is 0. The first-order valence-corrected chi connectivity index (χ1v) is 1.76. The summed E-state index contributed by atoms with van der Waals surface area (Å²) in [6.45, 7) is 3.43. The Kier molecular flexibility index (Phi) is 84.7. The monoisotopic (exact) mass is 216 g/mol. The van der Waals surface area contributed by atoms with Gasteiger partial charge in [-0.25, -0.2) is 0 Å². The molecule has 0 aliphatic rings. The van der Waals surface area contributed by atoms with Crippen LogP contribution in [-0.4, -0.2) is 5.78 Å². The maximum atomic E-state index is 9.81. The van der Waals surface area contributed by atoms with Gasteiger partial charge in [0.1, 0.15) is 5.78 Å². The van der Waals surface area contributed by atoms with E-state index in [2.05, 4.69) is 0 Å². The molecule has 0 atom stereocenters. The van der Waals surface area contributed by atoms with E-state index in [4.69, 9.17) is 0 Å². The molecule has 0 aliphatic heterocycles. The zero-order valence-electron chi connectivity index (χ0n) is 5.25. The molecule has 0 radical (unpaired) electrons. The lowest BCUT2D eigenvalue weighted by atomic mass is 10.4. The molecule has 1 nitrogen and oxygen atoms in total. The Bertz CT molecular complexity index is 47.8. The second-order valence-electron chi connectivity index (χ2n) is 1.06. The molecule has 0 amide bonds. The van der Waals surface area contributed by atoms with Gasteiger partial charge in [0, 0.05) is 6.42 Å². The van der Waals surface area contributed by atoms with Gasteiger partial charge in [0.25, 0.3) is 0 Å². The highest BCUT2D eigenvalue weighted by molar-refractivity contribution is 5.86. The number of hydrogen-bond acceptors (Lipinski definition) is 1. The first-order valence-electron chi connectivity index (χ1n) is 1.76. The van der Waals surface area contributed by atoms with E-state index in [1.54, 1.807) is 6.92 Å². The van der Waals surface area contributed by atoms with E-state index in [-0.39, 0.29) is 55.4 Å². The van der Waals surface area contributed by atoms with E-state index in [0.29, 0.717) is 6.42 Å². The lowest BCUT2D eigenvalue weighted by molar-refractivity contribution is -0.116. The number of rotatable bonds is 1. The second-order valence-corrected chi connectivity index (χ2v) is 1.06. The molecule has 9 heavy (non-hydrogen) atoms. The topological polar surface area (TPSA) is 17.1 Å². The normalized spacial score (nSPS) is 4.22. The van der Waals surface area contributed by atoms with Crippen LogP contribution in [0.15, 0.2) is 0 Å². The highest BCUT2D eigenvalue weighted by Gasteiger charge is 1.76. The van der Waals surface area contributed by atoms with Crippen LogP contribution in [0.2, 0.25) is 0 Å². The molecule has 62 valence electrons. The van der Waals surface area contributed by atoms with Crippen molar-refractivity contribution in [3.63, 3.8) is 0 Å². The molecule has 0 spiro atoms. The number of carbonyl (C=O) groups is 1. The first-order chi connectivity index (χ1) is 2.27. The first kappa shape index (κ1) is 32.9. The fraction of sp³-hybridized carbons (Fsp3) is 0.750. The molecule has 0 saturated carbocycles. The molecule has 0 fully saturated rings. The van der Waals surface area contributed by atoms with Crippen LogP contribution in [0.3, 0.4) is 0 Å². The van der Waals surface area contributed by atoms with Gasteiger partial charge in [-0.3, -0.25) is 0 Å².